The number of nitrogens with one attached hydrogen (secondary N) is 3. The molecular formula is C23H27N7O3S. The van der Waals surface area contributed by atoms with Crippen molar-refractivity contribution in [2.24, 2.45) is 0 Å². The molecule has 11 heteroatoms. The Labute approximate surface area is 201 Å². The van der Waals surface area contributed by atoms with Gasteiger partial charge < -0.3 is 16.0 Å². The van der Waals surface area contributed by atoms with Crippen LogP contribution in [0.4, 0.5) is 11.4 Å². The molecule has 0 saturated heterocycles. The van der Waals surface area contributed by atoms with Crippen LogP contribution in [-0.4, -0.2) is 47.5 Å². The number of hydrogen-bond acceptors (Lipinski definition) is 8. The van der Waals surface area contributed by atoms with Gasteiger partial charge in [-0.3, -0.25) is 23.9 Å². The average molecular weight is 482 g/mol. The molecule has 3 N–H and O–H groups in total. The molecule has 10 nitrogen and oxygen atoms in total. The average Bonchev–Trinajstić information content (AvgIpc) is 3.15. The van der Waals surface area contributed by atoms with Crippen LogP contribution in [0.1, 0.15) is 20.8 Å². The van der Waals surface area contributed by atoms with Gasteiger partial charge in [-0.05, 0) is 38.2 Å². The standard InChI is InChI=1S/C23H27N7O3S/c1-4-29(5-2)15-20(31)28-17-9-7-8-16(12-17)27-14-19-22(33)30(6-3)23(34-19)18(13-25)21(32)26-11-10-24/h7-9,12,14,27H,4-6,11,15H2,1-3H3,(H,26,32)(H,28,31)/b19-14+,23-18-. The number of thiazole rings is 1. The predicted octanol–water partition coefficient (Wildman–Crippen LogP) is 0.374. The summed E-state index contributed by atoms with van der Waals surface area (Å²) < 4.78 is 1.86. The maximum Gasteiger partial charge on any atom is 0.270 e. The van der Waals surface area contributed by atoms with Crippen molar-refractivity contribution in [3.63, 3.8) is 0 Å². The van der Waals surface area contributed by atoms with E-state index in [0.29, 0.717) is 22.5 Å². The Kier molecular flexibility index (Phi) is 10.0. The van der Waals surface area contributed by atoms with E-state index in [9.17, 15) is 19.6 Å². The SMILES string of the molecule is CCN(CC)CC(=O)Nc1cccc(N/C=c2/s/c(=C(/C#N)C(=O)NCC#N)n(CC)c2=O)c1. The molecule has 0 saturated carbocycles. The van der Waals surface area contributed by atoms with Crippen LogP contribution >= 0.6 is 11.3 Å². The molecule has 0 aliphatic carbocycles. The highest BCUT2D eigenvalue weighted by Crippen LogP contribution is 2.15. The lowest BCUT2D eigenvalue weighted by Crippen LogP contribution is -2.34. The van der Waals surface area contributed by atoms with E-state index in [1.807, 2.05) is 24.8 Å². The molecule has 2 rings (SSSR count). The predicted molar refractivity (Wildman–Crippen MR) is 132 cm³/mol. The Bertz CT molecular complexity index is 1290. The molecule has 0 atom stereocenters. The first-order valence-corrected chi connectivity index (χ1v) is 11.6. The molecule has 2 amide bonds. The first-order chi connectivity index (χ1) is 16.4. The largest absolute Gasteiger partial charge is 0.360 e. The number of carbonyl (C=O) groups is 2. The number of likely N-dealkylation sites (N-methyl/N-ethyl adjacent to an activating group) is 1. The highest BCUT2D eigenvalue weighted by molar-refractivity contribution is 7.07. The molecular weight excluding hydrogens is 454 g/mol. The number of rotatable bonds is 10. The van der Waals surface area contributed by atoms with Crippen molar-refractivity contribution in [1.82, 2.24) is 14.8 Å². The van der Waals surface area contributed by atoms with E-state index in [-0.39, 0.29) is 34.8 Å². The summed E-state index contributed by atoms with van der Waals surface area (Å²) in [4.78, 5) is 39.3. The van der Waals surface area contributed by atoms with Crippen molar-refractivity contribution in [3.05, 3.63) is 43.8 Å². The second kappa shape index (κ2) is 12.9. The van der Waals surface area contributed by atoms with Crippen LogP contribution in [0.3, 0.4) is 0 Å². The zero-order chi connectivity index (χ0) is 25.1. The first kappa shape index (κ1) is 26.3. The van der Waals surface area contributed by atoms with Crippen LogP contribution in [0.5, 0.6) is 0 Å². The van der Waals surface area contributed by atoms with Gasteiger partial charge in [0.1, 0.15) is 21.8 Å². The second-order valence-corrected chi connectivity index (χ2v) is 8.06. The Balaban J connectivity index is 2.32. The summed E-state index contributed by atoms with van der Waals surface area (Å²) in [6.45, 7) is 7.61. The normalized spacial score (nSPS) is 12.0. The van der Waals surface area contributed by atoms with Crippen molar-refractivity contribution in [2.75, 3.05) is 36.8 Å². The van der Waals surface area contributed by atoms with Crippen LogP contribution < -0.4 is 30.7 Å². The van der Waals surface area contributed by atoms with Crippen molar-refractivity contribution in [3.8, 4) is 12.1 Å². The summed E-state index contributed by atoms with van der Waals surface area (Å²) in [7, 11) is 0. The van der Waals surface area contributed by atoms with Crippen molar-refractivity contribution in [2.45, 2.75) is 27.3 Å². The molecule has 1 aromatic carbocycles. The van der Waals surface area contributed by atoms with Gasteiger partial charge in [0.25, 0.3) is 11.5 Å². The van der Waals surface area contributed by atoms with Crippen LogP contribution in [-0.2, 0) is 16.1 Å². The molecule has 1 aromatic heterocycles. The Morgan fingerprint density at radius 2 is 1.88 bits per heavy atom. The Morgan fingerprint density at radius 1 is 1.18 bits per heavy atom. The topological polar surface area (TPSA) is 143 Å². The third kappa shape index (κ3) is 6.78. The van der Waals surface area contributed by atoms with Gasteiger partial charge in [-0.15, -0.1) is 11.3 Å². The zero-order valence-corrected chi connectivity index (χ0v) is 20.2. The lowest BCUT2D eigenvalue weighted by molar-refractivity contribution is -0.117. The van der Waals surface area contributed by atoms with Gasteiger partial charge in [0.15, 0.2) is 5.57 Å². The lowest BCUT2D eigenvalue weighted by Gasteiger charge is -2.17. The van der Waals surface area contributed by atoms with E-state index < -0.39 is 5.91 Å². The van der Waals surface area contributed by atoms with Gasteiger partial charge in [-0.1, -0.05) is 19.9 Å². The fourth-order valence-corrected chi connectivity index (χ4v) is 4.17. The van der Waals surface area contributed by atoms with Gasteiger partial charge in [0, 0.05) is 24.1 Å². The molecule has 0 bridgehead atoms. The Morgan fingerprint density at radius 3 is 2.50 bits per heavy atom. The third-order valence-electron chi connectivity index (χ3n) is 4.88. The monoisotopic (exact) mass is 481 g/mol. The summed E-state index contributed by atoms with van der Waals surface area (Å²) in [6.07, 6.45) is 1.50. The molecule has 0 aliphatic heterocycles. The number of carbonyl (C=O) groups excluding carboxylic acids is 2. The van der Waals surface area contributed by atoms with Crippen LogP contribution in [0.15, 0.2) is 29.1 Å². The number of hydrogen-bond donors (Lipinski definition) is 3. The number of nitriles is 2. The number of benzene rings is 1. The van der Waals surface area contributed by atoms with E-state index in [0.717, 1.165) is 24.4 Å². The van der Waals surface area contributed by atoms with E-state index in [1.165, 1.54) is 10.8 Å². The summed E-state index contributed by atoms with van der Waals surface area (Å²) in [5.74, 6) is -0.826. The molecule has 178 valence electrons. The number of amides is 2. The highest BCUT2D eigenvalue weighted by Gasteiger charge is 2.15. The fraction of sp³-hybridized carbons (Fsp3) is 0.348. The number of nitrogens with zero attached hydrogens (tertiary/aromatic N) is 4. The fourth-order valence-electron chi connectivity index (χ4n) is 3.08. The molecule has 0 fully saturated rings. The first-order valence-electron chi connectivity index (χ1n) is 10.8. The minimum atomic E-state index is -0.708. The van der Waals surface area contributed by atoms with Crippen molar-refractivity contribution in [1.29, 1.82) is 10.5 Å². The van der Waals surface area contributed by atoms with Gasteiger partial charge in [-0.25, -0.2) is 0 Å². The van der Waals surface area contributed by atoms with Gasteiger partial charge in [0.05, 0.1) is 12.6 Å². The molecule has 0 radical (unpaired) electrons. The van der Waals surface area contributed by atoms with E-state index in [2.05, 4.69) is 16.0 Å². The summed E-state index contributed by atoms with van der Waals surface area (Å²) >= 11 is 1.00. The maximum atomic E-state index is 12.8. The molecule has 0 unspecified atom stereocenters. The highest BCUT2D eigenvalue weighted by atomic mass is 32.1. The van der Waals surface area contributed by atoms with Crippen molar-refractivity contribution >= 4 is 46.3 Å². The summed E-state index contributed by atoms with van der Waals surface area (Å²) in [6, 6.07) is 10.7. The smallest absolute Gasteiger partial charge is 0.270 e. The number of aromatic nitrogens is 1. The van der Waals surface area contributed by atoms with Crippen LogP contribution in [0.2, 0.25) is 0 Å². The van der Waals surface area contributed by atoms with Gasteiger partial charge >= 0.3 is 0 Å². The summed E-state index contributed by atoms with van der Waals surface area (Å²) in [5, 5.41) is 26.3. The molecule has 2 aromatic rings. The minimum Gasteiger partial charge on any atom is -0.360 e. The van der Waals surface area contributed by atoms with Gasteiger partial charge in [0.2, 0.25) is 5.91 Å². The van der Waals surface area contributed by atoms with Crippen molar-refractivity contribution < 1.29 is 9.59 Å². The molecule has 1 heterocycles. The molecule has 34 heavy (non-hydrogen) atoms. The van der Waals surface area contributed by atoms with E-state index in [1.54, 1.807) is 37.3 Å². The Hall–Kier alpha value is -3.93. The molecule has 0 aliphatic rings. The van der Waals surface area contributed by atoms with Crippen LogP contribution in [0.25, 0.3) is 11.8 Å². The quantitative estimate of drug-likeness (QED) is 0.416. The zero-order valence-electron chi connectivity index (χ0n) is 19.3. The lowest BCUT2D eigenvalue weighted by atomic mass is 10.2. The molecule has 0 spiro atoms. The summed E-state index contributed by atoms with van der Waals surface area (Å²) in [5.41, 5.74) is 0.688. The minimum absolute atomic E-state index is 0.118. The van der Waals surface area contributed by atoms with E-state index in [4.69, 9.17) is 5.26 Å². The van der Waals surface area contributed by atoms with Crippen LogP contribution in [0, 0.1) is 22.7 Å². The van der Waals surface area contributed by atoms with Gasteiger partial charge in [-0.2, -0.15) is 10.5 Å². The third-order valence-corrected chi connectivity index (χ3v) is 6.01. The number of anilines is 2. The van der Waals surface area contributed by atoms with E-state index >= 15 is 0 Å². The second-order valence-electron chi connectivity index (χ2n) is 7.03. The maximum absolute atomic E-state index is 12.8.